The first-order chi connectivity index (χ1) is 12.7. The largest absolute Gasteiger partial charge is 0.493 e. The predicted octanol–water partition coefficient (Wildman–Crippen LogP) is 3.60. The lowest BCUT2D eigenvalue weighted by molar-refractivity contribution is 0.354. The SMILES string of the molecule is COc1cc2c(cc1OC)C(CC(=S)NCCc1ccccc1)=NCC2. The number of rotatable bonds is 7. The predicted molar refractivity (Wildman–Crippen MR) is 110 cm³/mol. The van der Waals surface area contributed by atoms with Crippen molar-refractivity contribution in [3.8, 4) is 11.5 Å². The Labute approximate surface area is 160 Å². The molecule has 0 unspecified atom stereocenters. The Morgan fingerprint density at radius 1 is 1.12 bits per heavy atom. The third kappa shape index (κ3) is 4.41. The molecule has 0 saturated heterocycles. The van der Waals surface area contributed by atoms with E-state index in [2.05, 4.69) is 35.6 Å². The Morgan fingerprint density at radius 3 is 2.58 bits per heavy atom. The maximum absolute atomic E-state index is 5.54. The molecule has 1 N–H and O–H groups in total. The van der Waals surface area contributed by atoms with Crippen LogP contribution in [0.4, 0.5) is 0 Å². The van der Waals surface area contributed by atoms with Crippen LogP contribution in [-0.4, -0.2) is 38.0 Å². The zero-order valence-corrected chi connectivity index (χ0v) is 16.1. The number of hydrogen-bond donors (Lipinski definition) is 1. The van der Waals surface area contributed by atoms with Gasteiger partial charge in [-0.15, -0.1) is 0 Å². The maximum atomic E-state index is 5.54. The second-order valence-corrected chi connectivity index (χ2v) is 6.70. The van der Waals surface area contributed by atoms with Gasteiger partial charge in [-0.3, -0.25) is 4.99 Å². The van der Waals surface area contributed by atoms with Crippen LogP contribution in [0.15, 0.2) is 47.5 Å². The van der Waals surface area contributed by atoms with Crippen molar-refractivity contribution in [1.29, 1.82) is 0 Å². The lowest BCUT2D eigenvalue weighted by atomic mass is 9.95. The summed E-state index contributed by atoms with van der Waals surface area (Å²) in [4.78, 5) is 5.52. The lowest BCUT2D eigenvalue weighted by Gasteiger charge is -2.20. The third-order valence-electron chi connectivity index (χ3n) is 4.51. The van der Waals surface area contributed by atoms with E-state index in [4.69, 9.17) is 26.7 Å². The van der Waals surface area contributed by atoms with E-state index < -0.39 is 0 Å². The van der Waals surface area contributed by atoms with E-state index in [0.717, 1.165) is 53.7 Å². The van der Waals surface area contributed by atoms with Gasteiger partial charge in [-0.1, -0.05) is 42.5 Å². The van der Waals surface area contributed by atoms with E-state index in [-0.39, 0.29) is 0 Å². The molecule has 2 aromatic rings. The second kappa shape index (κ2) is 8.81. The second-order valence-electron chi connectivity index (χ2n) is 6.21. The molecular weight excluding hydrogens is 344 g/mol. The summed E-state index contributed by atoms with van der Waals surface area (Å²) < 4.78 is 10.9. The zero-order valence-electron chi connectivity index (χ0n) is 15.2. The molecule has 1 heterocycles. The fourth-order valence-electron chi connectivity index (χ4n) is 3.15. The maximum Gasteiger partial charge on any atom is 0.161 e. The van der Waals surface area contributed by atoms with Crippen LogP contribution in [0.5, 0.6) is 11.5 Å². The molecule has 2 aromatic carbocycles. The van der Waals surface area contributed by atoms with Crippen LogP contribution in [-0.2, 0) is 12.8 Å². The Bertz CT molecular complexity index is 803. The van der Waals surface area contributed by atoms with Gasteiger partial charge in [0, 0.05) is 30.8 Å². The molecule has 0 fully saturated rings. The Hall–Kier alpha value is -2.40. The lowest BCUT2D eigenvalue weighted by Crippen LogP contribution is -2.27. The number of aliphatic imine (C=N–C) groups is 1. The van der Waals surface area contributed by atoms with Crippen molar-refractivity contribution in [3.05, 3.63) is 59.2 Å². The first-order valence-corrected chi connectivity index (χ1v) is 9.21. The van der Waals surface area contributed by atoms with Gasteiger partial charge in [-0.05, 0) is 36.1 Å². The minimum Gasteiger partial charge on any atom is -0.493 e. The molecule has 3 rings (SSSR count). The molecule has 0 bridgehead atoms. The number of nitrogens with one attached hydrogen (secondary N) is 1. The first kappa shape index (κ1) is 18.4. The number of hydrogen-bond acceptors (Lipinski definition) is 4. The van der Waals surface area contributed by atoms with Gasteiger partial charge in [0.15, 0.2) is 11.5 Å². The van der Waals surface area contributed by atoms with Crippen molar-refractivity contribution in [2.45, 2.75) is 19.3 Å². The van der Waals surface area contributed by atoms with Crippen molar-refractivity contribution >= 4 is 22.9 Å². The van der Waals surface area contributed by atoms with Gasteiger partial charge in [0.2, 0.25) is 0 Å². The molecule has 5 heteroatoms. The summed E-state index contributed by atoms with van der Waals surface area (Å²) in [5.41, 5.74) is 4.67. The Balaban J connectivity index is 1.63. The molecule has 4 nitrogen and oxygen atoms in total. The van der Waals surface area contributed by atoms with Crippen molar-refractivity contribution in [1.82, 2.24) is 5.32 Å². The summed E-state index contributed by atoms with van der Waals surface area (Å²) in [6, 6.07) is 14.5. The highest BCUT2D eigenvalue weighted by Crippen LogP contribution is 2.33. The molecular formula is C21H24N2O2S. The summed E-state index contributed by atoms with van der Waals surface area (Å²) >= 11 is 5.54. The zero-order chi connectivity index (χ0) is 18.4. The molecule has 0 saturated carbocycles. The molecule has 0 aliphatic carbocycles. The number of nitrogens with zero attached hydrogens (tertiary/aromatic N) is 1. The number of ether oxygens (including phenoxy) is 2. The minimum absolute atomic E-state index is 0.645. The van der Waals surface area contributed by atoms with Gasteiger partial charge in [0.25, 0.3) is 0 Å². The number of benzene rings is 2. The van der Waals surface area contributed by atoms with Crippen molar-refractivity contribution < 1.29 is 9.47 Å². The van der Waals surface area contributed by atoms with E-state index in [1.807, 2.05) is 12.1 Å². The summed E-state index contributed by atoms with van der Waals surface area (Å²) in [6.45, 7) is 1.61. The fraction of sp³-hybridized carbons (Fsp3) is 0.333. The van der Waals surface area contributed by atoms with Gasteiger partial charge in [-0.2, -0.15) is 0 Å². The highest BCUT2D eigenvalue weighted by molar-refractivity contribution is 7.80. The van der Waals surface area contributed by atoms with Crippen LogP contribution in [0.2, 0.25) is 0 Å². The number of methoxy groups -OCH3 is 2. The van der Waals surface area contributed by atoms with E-state index >= 15 is 0 Å². The molecule has 0 aromatic heterocycles. The standard InChI is InChI=1S/C21H24N2O2S/c1-24-19-12-16-9-11-22-18(17(16)13-20(19)25-2)14-21(26)23-10-8-15-6-4-3-5-7-15/h3-7,12-13H,8-11,14H2,1-2H3,(H,23,26). The summed E-state index contributed by atoms with van der Waals surface area (Å²) in [5.74, 6) is 1.49. The smallest absolute Gasteiger partial charge is 0.161 e. The van der Waals surface area contributed by atoms with Crippen LogP contribution in [0.25, 0.3) is 0 Å². The fourth-order valence-corrected chi connectivity index (χ4v) is 3.39. The highest BCUT2D eigenvalue weighted by atomic mass is 32.1. The van der Waals surface area contributed by atoms with Crippen LogP contribution >= 0.6 is 12.2 Å². The van der Waals surface area contributed by atoms with Gasteiger partial charge >= 0.3 is 0 Å². The normalized spacial score (nSPS) is 12.8. The first-order valence-electron chi connectivity index (χ1n) is 8.80. The van der Waals surface area contributed by atoms with Crippen LogP contribution in [0, 0.1) is 0 Å². The van der Waals surface area contributed by atoms with Crippen molar-refractivity contribution in [2.24, 2.45) is 4.99 Å². The van der Waals surface area contributed by atoms with Crippen LogP contribution in [0.1, 0.15) is 23.1 Å². The van der Waals surface area contributed by atoms with E-state index in [1.54, 1.807) is 14.2 Å². The molecule has 0 spiro atoms. The molecule has 0 radical (unpaired) electrons. The molecule has 0 atom stereocenters. The third-order valence-corrected chi connectivity index (χ3v) is 4.80. The average molecular weight is 369 g/mol. The molecule has 1 aliphatic heterocycles. The Morgan fingerprint density at radius 2 is 1.85 bits per heavy atom. The summed E-state index contributed by atoms with van der Waals surface area (Å²) in [5, 5.41) is 3.36. The topological polar surface area (TPSA) is 42.9 Å². The number of fused-ring (bicyclic) bond motifs is 1. The summed E-state index contributed by atoms with van der Waals surface area (Å²) in [7, 11) is 3.31. The van der Waals surface area contributed by atoms with Crippen LogP contribution < -0.4 is 14.8 Å². The Kier molecular flexibility index (Phi) is 6.23. The average Bonchev–Trinajstić information content (AvgIpc) is 2.68. The van der Waals surface area contributed by atoms with Gasteiger partial charge in [0.1, 0.15) is 0 Å². The van der Waals surface area contributed by atoms with E-state index in [1.165, 1.54) is 11.1 Å². The van der Waals surface area contributed by atoms with E-state index in [0.29, 0.717) is 6.42 Å². The summed E-state index contributed by atoms with van der Waals surface area (Å²) in [6.07, 6.45) is 2.51. The quantitative estimate of drug-likeness (QED) is 0.759. The van der Waals surface area contributed by atoms with E-state index in [9.17, 15) is 0 Å². The van der Waals surface area contributed by atoms with Gasteiger partial charge in [-0.25, -0.2) is 0 Å². The van der Waals surface area contributed by atoms with Crippen LogP contribution in [0.3, 0.4) is 0 Å². The molecule has 0 amide bonds. The molecule has 1 aliphatic rings. The minimum atomic E-state index is 0.645. The molecule has 26 heavy (non-hydrogen) atoms. The van der Waals surface area contributed by atoms with Crippen molar-refractivity contribution in [2.75, 3.05) is 27.3 Å². The van der Waals surface area contributed by atoms with Crippen molar-refractivity contribution in [3.63, 3.8) is 0 Å². The highest BCUT2D eigenvalue weighted by Gasteiger charge is 2.19. The molecule has 136 valence electrons. The van der Waals surface area contributed by atoms with Gasteiger partial charge in [0.05, 0.1) is 19.2 Å². The number of thiocarbonyl (C=S) groups is 1. The monoisotopic (exact) mass is 368 g/mol. The van der Waals surface area contributed by atoms with Gasteiger partial charge < -0.3 is 14.8 Å².